The van der Waals surface area contributed by atoms with Gasteiger partial charge >= 0.3 is 0 Å². The Labute approximate surface area is 87.9 Å². The van der Waals surface area contributed by atoms with Crippen molar-refractivity contribution < 1.29 is 0 Å². The molecule has 0 radical (unpaired) electrons. The van der Waals surface area contributed by atoms with Gasteiger partial charge in [0.05, 0.1) is 0 Å². The summed E-state index contributed by atoms with van der Waals surface area (Å²) in [5.74, 6) is 0.478. The predicted octanol–water partition coefficient (Wildman–Crippen LogP) is 1.03. The Morgan fingerprint density at radius 1 is 1.57 bits per heavy atom. The van der Waals surface area contributed by atoms with Crippen LogP contribution in [0.15, 0.2) is 27.6 Å². The number of aryl methyl sites for hydroxylation is 1. The van der Waals surface area contributed by atoms with Gasteiger partial charge < -0.3 is 0 Å². The molecule has 0 bridgehead atoms. The Morgan fingerprint density at radius 3 is 2.86 bits per heavy atom. The highest BCUT2D eigenvalue weighted by Gasteiger charge is 2.09. The van der Waals surface area contributed by atoms with E-state index in [4.69, 9.17) is 0 Å². The number of H-pyrrole nitrogens is 1. The fourth-order valence-corrected chi connectivity index (χ4v) is 1.37. The van der Waals surface area contributed by atoms with E-state index in [1.807, 2.05) is 0 Å². The average Bonchev–Trinajstić information content (AvgIpc) is 2.47. The number of hydrogen-bond donors (Lipinski definition) is 1. The number of halogens is 1. The third kappa shape index (κ3) is 1.37. The van der Waals surface area contributed by atoms with Gasteiger partial charge in [-0.05, 0) is 35.0 Å². The highest BCUT2D eigenvalue weighted by molar-refractivity contribution is 9.10. The lowest BCUT2D eigenvalue weighted by molar-refractivity contribution is 0.782. The molecule has 1 N–H and O–H groups in total. The molecule has 0 aliphatic rings. The first-order chi connectivity index (χ1) is 6.70. The van der Waals surface area contributed by atoms with Crippen LogP contribution in [-0.2, 0) is 0 Å². The molecular formula is C8H7BrN4O. The summed E-state index contributed by atoms with van der Waals surface area (Å²) >= 11 is 3.18. The highest BCUT2D eigenvalue weighted by atomic mass is 79.9. The van der Waals surface area contributed by atoms with Crippen LogP contribution in [0.1, 0.15) is 5.69 Å². The van der Waals surface area contributed by atoms with Crippen molar-refractivity contribution in [3.8, 4) is 5.82 Å². The number of rotatable bonds is 1. The first-order valence-electron chi connectivity index (χ1n) is 3.95. The van der Waals surface area contributed by atoms with E-state index in [1.54, 1.807) is 25.3 Å². The molecular weight excluding hydrogens is 248 g/mol. The molecule has 0 aliphatic heterocycles. The van der Waals surface area contributed by atoms with Crippen LogP contribution < -0.4 is 5.56 Å². The molecule has 2 rings (SSSR count). The Kier molecular flexibility index (Phi) is 2.20. The Hall–Kier alpha value is -1.43. The highest BCUT2D eigenvalue weighted by Crippen LogP contribution is 2.09. The molecule has 0 spiro atoms. The lowest BCUT2D eigenvalue weighted by Crippen LogP contribution is -2.16. The van der Waals surface area contributed by atoms with Gasteiger partial charge in [-0.2, -0.15) is 9.78 Å². The smallest absolute Gasteiger partial charge is 0.287 e. The van der Waals surface area contributed by atoms with E-state index in [0.717, 1.165) is 5.69 Å². The van der Waals surface area contributed by atoms with Crippen LogP contribution in [0.25, 0.3) is 5.82 Å². The molecule has 6 heteroatoms. The molecule has 0 saturated carbocycles. The summed E-state index contributed by atoms with van der Waals surface area (Å²) in [7, 11) is 0. The van der Waals surface area contributed by atoms with Crippen molar-refractivity contribution in [2.75, 3.05) is 0 Å². The summed E-state index contributed by atoms with van der Waals surface area (Å²) in [5.41, 5.74) is 0.601. The minimum absolute atomic E-state index is 0.164. The van der Waals surface area contributed by atoms with Crippen molar-refractivity contribution in [2.24, 2.45) is 0 Å². The van der Waals surface area contributed by atoms with E-state index in [1.165, 1.54) is 4.68 Å². The van der Waals surface area contributed by atoms with Crippen molar-refractivity contribution in [2.45, 2.75) is 6.92 Å². The summed E-state index contributed by atoms with van der Waals surface area (Å²) in [4.78, 5) is 11.6. The third-order valence-electron chi connectivity index (χ3n) is 1.79. The van der Waals surface area contributed by atoms with E-state index in [-0.39, 0.29) is 5.56 Å². The van der Waals surface area contributed by atoms with E-state index in [9.17, 15) is 4.79 Å². The standard InChI is InChI=1S/C8H7BrN4O/c1-5-7(9)8(14)13(12-5)6-3-2-4-10-11-6/h2-4,12H,1H3. The SMILES string of the molecule is Cc1[nH]n(-c2cccnn2)c(=O)c1Br. The molecule has 0 aromatic carbocycles. The van der Waals surface area contributed by atoms with E-state index in [0.29, 0.717) is 10.3 Å². The van der Waals surface area contributed by atoms with Crippen LogP contribution in [-0.4, -0.2) is 20.0 Å². The zero-order valence-corrected chi connectivity index (χ0v) is 8.95. The summed E-state index contributed by atoms with van der Waals surface area (Å²) in [6.45, 7) is 1.80. The second-order valence-electron chi connectivity index (χ2n) is 2.77. The van der Waals surface area contributed by atoms with E-state index < -0.39 is 0 Å². The van der Waals surface area contributed by atoms with Gasteiger partial charge in [0.25, 0.3) is 5.56 Å². The van der Waals surface area contributed by atoms with Crippen LogP contribution in [0.3, 0.4) is 0 Å². The zero-order valence-electron chi connectivity index (χ0n) is 7.36. The second-order valence-corrected chi connectivity index (χ2v) is 3.57. The minimum Gasteiger partial charge on any atom is -0.293 e. The van der Waals surface area contributed by atoms with Crippen molar-refractivity contribution in [3.63, 3.8) is 0 Å². The topological polar surface area (TPSA) is 63.6 Å². The number of hydrogen-bond acceptors (Lipinski definition) is 3. The van der Waals surface area contributed by atoms with Crippen molar-refractivity contribution in [3.05, 3.63) is 38.9 Å². The average molecular weight is 255 g/mol. The lowest BCUT2D eigenvalue weighted by atomic mass is 10.5. The first kappa shape index (κ1) is 9.14. The van der Waals surface area contributed by atoms with Crippen molar-refractivity contribution >= 4 is 15.9 Å². The predicted molar refractivity (Wildman–Crippen MR) is 54.4 cm³/mol. The molecule has 0 fully saturated rings. The molecule has 2 aromatic rings. The lowest BCUT2D eigenvalue weighted by Gasteiger charge is -1.96. The first-order valence-corrected chi connectivity index (χ1v) is 4.74. The molecule has 0 aliphatic carbocycles. The quantitative estimate of drug-likeness (QED) is 0.827. The maximum Gasteiger partial charge on any atom is 0.287 e. The van der Waals surface area contributed by atoms with Gasteiger partial charge in [0.15, 0.2) is 5.82 Å². The fraction of sp³-hybridized carbons (Fsp3) is 0.125. The van der Waals surface area contributed by atoms with Crippen molar-refractivity contribution in [1.82, 2.24) is 20.0 Å². The van der Waals surface area contributed by atoms with Crippen LogP contribution in [0, 0.1) is 6.92 Å². The Balaban J connectivity index is 2.64. The number of nitrogens with zero attached hydrogens (tertiary/aromatic N) is 3. The fourth-order valence-electron chi connectivity index (χ4n) is 1.10. The molecule has 14 heavy (non-hydrogen) atoms. The summed E-state index contributed by atoms with van der Waals surface area (Å²) in [6, 6.07) is 3.43. The van der Waals surface area contributed by atoms with Gasteiger partial charge in [-0.3, -0.25) is 9.89 Å². The van der Waals surface area contributed by atoms with Crippen LogP contribution in [0.5, 0.6) is 0 Å². The maximum atomic E-state index is 11.6. The van der Waals surface area contributed by atoms with Gasteiger partial charge in [0.1, 0.15) is 4.47 Å². The second kappa shape index (κ2) is 3.38. The molecule has 0 atom stereocenters. The summed E-state index contributed by atoms with van der Waals surface area (Å²) < 4.78 is 1.86. The summed E-state index contributed by atoms with van der Waals surface area (Å²) in [6.07, 6.45) is 1.55. The van der Waals surface area contributed by atoms with Gasteiger partial charge in [-0.1, -0.05) is 0 Å². The monoisotopic (exact) mass is 254 g/mol. The number of aromatic nitrogens is 4. The normalized spacial score (nSPS) is 10.4. The molecule has 2 heterocycles. The van der Waals surface area contributed by atoms with E-state index in [2.05, 4.69) is 31.2 Å². The largest absolute Gasteiger partial charge is 0.293 e. The van der Waals surface area contributed by atoms with Gasteiger partial charge in [0.2, 0.25) is 0 Å². The van der Waals surface area contributed by atoms with Gasteiger partial charge in [-0.25, -0.2) is 0 Å². The molecule has 2 aromatic heterocycles. The van der Waals surface area contributed by atoms with Gasteiger partial charge in [0, 0.05) is 11.9 Å². The third-order valence-corrected chi connectivity index (χ3v) is 2.72. The summed E-state index contributed by atoms with van der Waals surface area (Å²) in [5, 5.41) is 10.4. The van der Waals surface area contributed by atoms with E-state index >= 15 is 0 Å². The van der Waals surface area contributed by atoms with Gasteiger partial charge in [-0.15, -0.1) is 5.10 Å². The Morgan fingerprint density at radius 2 is 2.36 bits per heavy atom. The number of aromatic amines is 1. The molecule has 5 nitrogen and oxygen atoms in total. The number of nitrogens with one attached hydrogen (secondary N) is 1. The molecule has 0 amide bonds. The van der Waals surface area contributed by atoms with Crippen LogP contribution >= 0.6 is 15.9 Å². The molecule has 0 unspecified atom stereocenters. The molecule has 0 saturated heterocycles. The zero-order chi connectivity index (χ0) is 10.1. The van der Waals surface area contributed by atoms with Crippen LogP contribution in [0.2, 0.25) is 0 Å². The minimum atomic E-state index is -0.164. The van der Waals surface area contributed by atoms with Crippen LogP contribution in [0.4, 0.5) is 0 Å². The maximum absolute atomic E-state index is 11.6. The molecule has 72 valence electrons. The Bertz CT molecular complexity index is 502. The van der Waals surface area contributed by atoms with Crippen molar-refractivity contribution in [1.29, 1.82) is 0 Å².